The highest BCUT2D eigenvalue weighted by atomic mass is 16.3. The Labute approximate surface area is 259 Å². The van der Waals surface area contributed by atoms with E-state index in [4.69, 9.17) is 4.42 Å². The van der Waals surface area contributed by atoms with Crippen LogP contribution in [0.1, 0.15) is 17.7 Å². The highest BCUT2D eigenvalue weighted by molar-refractivity contribution is 6.11. The molecule has 6 aromatic carbocycles. The number of hydrogen-bond acceptors (Lipinski definition) is 1. The van der Waals surface area contributed by atoms with Crippen LogP contribution in [-0.2, 0) is 6.42 Å². The molecule has 10 rings (SSSR count). The van der Waals surface area contributed by atoms with E-state index in [0.717, 1.165) is 40.5 Å². The molecule has 3 aromatic heterocycles. The van der Waals surface area contributed by atoms with Crippen LogP contribution in [0.3, 0.4) is 0 Å². The lowest BCUT2D eigenvalue weighted by molar-refractivity contribution is 0.669. The number of aryl methyl sites for hydroxylation is 1. The summed E-state index contributed by atoms with van der Waals surface area (Å²) in [4.78, 5) is 0. The molecule has 1 aliphatic rings. The molecule has 0 amide bonds. The molecule has 3 heteroatoms. The number of para-hydroxylation sites is 3. The van der Waals surface area contributed by atoms with Crippen molar-refractivity contribution in [2.24, 2.45) is 0 Å². The molecular formula is C42H28N2O. The van der Waals surface area contributed by atoms with Crippen LogP contribution >= 0.6 is 0 Å². The first-order valence-corrected chi connectivity index (χ1v) is 15.7. The maximum atomic E-state index is 6.37. The van der Waals surface area contributed by atoms with Crippen molar-refractivity contribution in [3.63, 3.8) is 0 Å². The first-order valence-electron chi connectivity index (χ1n) is 15.7. The van der Waals surface area contributed by atoms with Crippen molar-refractivity contribution in [2.45, 2.75) is 12.8 Å². The minimum Gasteiger partial charge on any atom is -0.456 e. The average Bonchev–Trinajstić information content (AvgIpc) is 3.75. The lowest BCUT2D eigenvalue weighted by atomic mass is 10.0. The molecule has 0 N–H and O–H groups in total. The Morgan fingerprint density at radius 3 is 1.96 bits per heavy atom. The van der Waals surface area contributed by atoms with Crippen LogP contribution in [0.4, 0.5) is 0 Å². The molecule has 3 heterocycles. The molecule has 0 spiro atoms. The van der Waals surface area contributed by atoms with Gasteiger partial charge in [0, 0.05) is 44.0 Å². The lowest BCUT2D eigenvalue weighted by Crippen LogP contribution is -2.00. The van der Waals surface area contributed by atoms with Gasteiger partial charge in [-0.1, -0.05) is 72.8 Å². The van der Waals surface area contributed by atoms with Gasteiger partial charge in [-0.2, -0.15) is 0 Å². The Kier molecular flexibility index (Phi) is 5.11. The molecule has 0 unspecified atom stereocenters. The molecule has 9 aromatic rings. The fourth-order valence-corrected chi connectivity index (χ4v) is 7.56. The third-order valence-electron chi connectivity index (χ3n) is 9.59. The van der Waals surface area contributed by atoms with Gasteiger partial charge in [-0.05, 0) is 102 Å². The Morgan fingerprint density at radius 1 is 0.467 bits per heavy atom. The van der Waals surface area contributed by atoms with Gasteiger partial charge in [0.25, 0.3) is 0 Å². The zero-order chi connectivity index (χ0) is 29.5. The summed E-state index contributed by atoms with van der Waals surface area (Å²) < 4.78 is 11.1. The molecule has 0 fully saturated rings. The number of fused-ring (bicyclic) bond motifs is 9. The first-order chi connectivity index (χ1) is 22.3. The molecule has 0 saturated heterocycles. The van der Waals surface area contributed by atoms with E-state index in [-0.39, 0.29) is 0 Å². The molecule has 1 aliphatic carbocycles. The number of benzene rings is 6. The fourth-order valence-electron chi connectivity index (χ4n) is 7.56. The number of hydrogen-bond donors (Lipinski definition) is 0. The summed E-state index contributed by atoms with van der Waals surface area (Å²) in [5, 5.41) is 6.13. The van der Waals surface area contributed by atoms with E-state index in [0.29, 0.717) is 0 Å². The number of allylic oxidation sites excluding steroid dienone is 1. The van der Waals surface area contributed by atoms with Crippen LogP contribution in [0.2, 0.25) is 0 Å². The summed E-state index contributed by atoms with van der Waals surface area (Å²) in [7, 11) is 0. The number of rotatable bonds is 3. The molecule has 3 nitrogen and oxygen atoms in total. The van der Waals surface area contributed by atoms with Crippen molar-refractivity contribution < 1.29 is 4.42 Å². The molecule has 45 heavy (non-hydrogen) atoms. The first kappa shape index (κ1) is 24.6. The van der Waals surface area contributed by atoms with Gasteiger partial charge in [0.2, 0.25) is 0 Å². The third-order valence-corrected chi connectivity index (χ3v) is 9.59. The van der Waals surface area contributed by atoms with Gasteiger partial charge in [0.05, 0.1) is 16.6 Å². The average molecular weight is 577 g/mol. The summed E-state index contributed by atoms with van der Waals surface area (Å²) >= 11 is 0. The lowest BCUT2D eigenvalue weighted by Gasteiger charge is -2.12. The Bertz CT molecular complexity index is 2650. The number of aromatic nitrogens is 2. The van der Waals surface area contributed by atoms with Crippen LogP contribution < -0.4 is 0 Å². The van der Waals surface area contributed by atoms with Crippen LogP contribution in [0, 0.1) is 0 Å². The Hall–Kier alpha value is -5.80. The number of furan rings is 1. The van der Waals surface area contributed by atoms with Crippen LogP contribution in [0.5, 0.6) is 0 Å². The van der Waals surface area contributed by atoms with Crippen molar-refractivity contribution >= 4 is 60.7 Å². The van der Waals surface area contributed by atoms with Crippen molar-refractivity contribution in [2.75, 3.05) is 0 Å². The van der Waals surface area contributed by atoms with Gasteiger partial charge in [-0.15, -0.1) is 0 Å². The van der Waals surface area contributed by atoms with Crippen LogP contribution in [0.15, 0.2) is 144 Å². The second-order valence-corrected chi connectivity index (χ2v) is 12.1. The summed E-state index contributed by atoms with van der Waals surface area (Å²) in [5.74, 6) is 0. The normalized spacial score (nSPS) is 13.1. The van der Waals surface area contributed by atoms with Crippen LogP contribution in [0.25, 0.3) is 83.2 Å². The largest absolute Gasteiger partial charge is 0.456 e. The van der Waals surface area contributed by atoms with E-state index in [1.807, 2.05) is 0 Å². The van der Waals surface area contributed by atoms with Gasteiger partial charge < -0.3 is 13.6 Å². The quantitative estimate of drug-likeness (QED) is 0.205. The Balaban J connectivity index is 1.15. The molecule has 0 radical (unpaired) electrons. The van der Waals surface area contributed by atoms with E-state index in [9.17, 15) is 0 Å². The van der Waals surface area contributed by atoms with Crippen molar-refractivity contribution in [1.29, 1.82) is 0 Å². The Morgan fingerprint density at radius 2 is 1.11 bits per heavy atom. The second-order valence-electron chi connectivity index (χ2n) is 12.1. The van der Waals surface area contributed by atoms with Crippen molar-refractivity contribution in [1.82, 2.24) is 9.13 Å². The summed E-state index contributed by atoms with van der Waals surface area (Å²) in [6.07, 6.45) is 6.76. The minimum atomic E-state index is 0.909. The van der Waals surface area contributed by atoms with Gasteiger partial charge >= 0.3 is 0 Å². The predicted molar refractivity (Wildman–Crippen MR) is 188 cm³/mol. The zero-order valence-electron chi connectivity index (χ0n) is 24.6. The maximum Gasteiger partial charge on any atom is 0.135 e. The highest BCUT2D eigenvalue weighted by Gasteiger charge is 2.19. The van der Waals surface area contributed by atoms with Gasteiger partial charge in [-0.3, -0.25) is 0 Å². The summed E-state index contributed by atoms with van der Waals surface area (Å²) in [6, 6.07) is 48.2. The van der Waals surface area contributed by atoms with Crippen LogP contribution in [-0.4, -0.2) is 9.13 Å². The number of nitrogens with zero attached hydrogens (tertiary/aromatic N) is 2. The fraction of sp³-hybridized carbons (Fsp3) is 0.0476. The molecule has 0 bridgehead atoms. The van der Waals surface area contributed by atoms with E-state index in [2.05, 4.69) is 155 Å². The SMILES string of the molecule is C1=Cc2c(c3ccccc3n2-c2ccc3oc4ccc(-c5ccc6c(c5)c5ccccc5n6-c5ccccc5)cc4c3c2)CC1. The van der Waals surface area contributed by atoms with E-state index < -0.39 is 0 Å². The smallest absolute Gasteiger partial charge is 0.135 e. The molecule has 212 valence electrons. The van der Waals surface area contributed by atoms with E-state index in [1.165, 1.54) is 60.8 Å². The van der Waals surface area contributed by atoms with Gasteiger partial charge in [-0.25, -0.2) is 0 Å². The predicted octanol–water partition coefficient (Wildman–Crippen LogP) is 11.3. The third kappa shape index (κ3) is 3.58. The molecule has 0 saturated carbocycles. The second kappa shape index (κ2) is 9.35. The van der Waals surface area contributed by atoms with E-state index in [1.54, 1.807) is 0 Å². The topological polar surface area (TPSA) is 23.0 Å². The zero-order valence-corrected chi connectivity index (χ0v) is 24.6. The van der Waals surface area contributed by atoms with Crippen molar-refractivity contribution in [3.05, 3.63) is 151 Å². The monoisotopic (exact) mass is 576 g/mol. The summed E-state index contributed by atoms with van der Waals surface area (Å²) in [6.45, 7) is 0. The molecular weight excluding hydrogens is 548 g/mol. The van der Waals surface area contributed by atoms with E-state index >= 15 is 0 Å². The maximum absolute atomic E-state index is 6.37. The van der Waals surface area contributed by atoms with Crippen molar-refractivity contribution in [3.8, 4) is 22.5 Å². The van der Waals surface area contributed by atoms with Gasteiger partial charge in [0.15, 0.2) is 0 Å². The molecule has 0 atom stereocenters. The standard InChI is InChI=1S/C42H28N2O/c1-2-10-29(11-3-1)43-39-17-9-6-14-33(39)34-24-27(18-21-40(34)43)28-19-22-41-35(25-28)36-26-30(20-23-42(36)45-41)44-37-15-7-4-12-31(37)32-13-5-8-16-38(32)44/h1-4,6-12,14-26H,5,13H2. The molecule has 0 aliphatic heterocycles. The van der Waals surface area contributed by atoms with Gasteiger partial charge in [0.1, 0.15) is 11.2 Å². The minimum absolute atomic E-state index is 0.909. The highest BCUT2D eigenvalue weighted by Crippen LogP contribution is 2.39. The summed E-state index contributed by atoms with van der Waals surface area (Å²) in [5.41, 5.74) is 12.9.